The van der Waals surface area contributed by atoms with Crippen LogP contribution in [0.4, 0.5) is 4.39 Å². The number of benzene rings is 1. The number of piperidine rings is 1. The molecule has 1 unspecified atom stereocenters. The number of likely N-dealkylation sites (tertiary alicyclic amines) is 1. The number of rotatable bonds is 3. The summed E-state index contributed by atoms with van der Waals surface area (Å²) in [5, 5.41) is 4.01. The average molecular weight is 333 g/mol. The van der Waals surface area contributed by atoms with E-state index in [2.05, 4.69) is 10.3 Å². The Morgan fingerprint density at radius 1 is 1.39 bits per heavy atom. The fourth-order valence-corrected chi connectivity index (χ4v) is 3.89. The number of thiazole rings is 1. The molecule has 1 N–H and O–H groups in total. The molecule has 1 amide bonds. The SMILES string of the molecule is CNC1CCCN(C(=O)c2sc(-c3ccc(F)cc3)nc2C)C1. The normalized spacial score (nSPS) is 18.2. The molecule has 0 radical (unpaired) electrons. The van der Waals surface area contributed by atoms with Crippen LogP contribution in [-0.2, 0) is 0 Å². The van der Waals surface area contributed by atoms with Gasteiger partial charge in [-0.15, -0.1) is 11.3 Å². The summed E-state index contributed by atoms with van der Waals surface area (Å²) in [6, 6.07) is 6.57. The quantitative estimate of drug-likeness (QED) is 0.939. The third-order valence-corrected chi connectivity index (χ3v) is 5.39. The molecule has 1 aliphatic heterocycles. The van der Waals surface area contributed by atoms with Crippen molar-refractivity contribution in [3.8, 4) is 10.6 Å². The Morgan fingerprint density at radius 2 is 2.13 bits per heavy atom. The number of amides is 1. The second-order valence-corrected chi connectivity index (χ2v) is 6.82. The highest BCUT2D eigenvalue weighted by Crippen LogP contribution is 2.29. The van der Waals surface area contributed by atoms with E-state index in [1.165, 1.54) is 23.5 Å². The molecule has 6 heteroatoms. The van der Waals surface area contributed by atoms with Gasteiger partial charge in [0.15, 0.2) is 0 Å². The number of carbonyl (C=O) groups excluding carboxylic acids is 1. The number of carbonyl (C=O) groups is 1. The Bertz CT molecular complexity index is 698. The molecule has 1 aromatic carbocycles. The molecule has 1 aliphatic rings. The Kier molecular flexibility index (Phi) is 4.73. The lowest BCUT2D eigenvalue weighted by atomic mass is 10.1. The highest BCUT2D eigenvalue weighted by molar-refractivity contribution is 7.17. The first-order chi connectivity index (χ1) is 11.1. The minimum atomic E-state index is -0.273. The molecule has 23 heavy (non-hydrogen) atoms. The van der Waals surface area contributed by atoms with Crippen molar-refractivity contribution in [2.45, 2.75) is 25.8 Å². The number of aryl methyl sites for hydroxylation is 1. The van der Waals surface area contributed by atoms with Crippen LogP contribution in [0.15, 0.2) is 24.3 Å². The minimum absolute atomic E-state index is 0.0494. The van der Waals surface area contributed by atoms with Crippen molar-refractivity contribution in [2.75, 3.05) is 20.1 Å². The zero-order valence-corrected chi connectivity index (χ0v) is 14.1. The van der Waals surface area contributed by atoms with E-state index in [4.69, 9.17) is 0 Å². The van der Waals surface area contributed by atoms with Crippen LogP contribution in [0.3, 0.4) is 0 Å². The summed E-state index contributed by atoms with van der Waals surface area (Å²) in [5.41, 5.74) is 1.58. The zero-order chi connectivity index (χ0) is 16.4. The molecule has 2 heterocycles. The van der Waals surface area contributed by atoms with Gasteiger partial charge in [0.2, 0.25) is 0 Å². The van der Waals surface area contributed by atoms with Gasteiger partial charge in [0, 0.05) is 24.7 Å². The zero-order valence-electron chi connectivity index (χ0n) is 13.3. The van der Waals surface area contributed by atoms with Gasteiger partial charge in [-0.2, -0.15) is 0 Å². The largest absolute Gasteiger partial charge is 0.336 e. The predicted octanol–water partition coefficient (Wildman–Crippen LogP) is 3.08. The van der Waals surface area contributed by atoms with E-state index in [0.717, 1.165) is 42.2 Å². The molecular weight excluding hydrogens is 313 g/mol. The molecule has 1 aromatic heterocycles. The van der Waals surface area contributed by atoms with Gasteiger partial charge in [-0.1, -0.05) is 0 Å². The molecule has 3 rings (SSSR count). The molecular formula is C17H20FN3OS. The number of aromatic nitrogens is 1. The molecule has 1 atom stereocenters. The maximum absolute atomic E-state index is 13.0. The lowest BCUT2D eigenvalue weighted by Gasteiger charge is -2.32. The van der Waals surface area contributed by atoms with Crippen molar-refractivity contribution in [3.05, 3.63) is 40.7 Å². The maximum atomic E-state index is 13.0. The number of halogens is 1. The molecule has 0 aliphatic carbocycles. The number of likely N-dealkylation sites (N-methyl/N-ethyl adjacent to an activating group) is 1. The van der Waals surface area contributed by atoms with Crippen LogP contribution in [0.1, 0.15) is 28.2 Å². The van der Waals surface area contributed by atoms with E-state index < -0.39 is 0 Å². The van der Waals surface area contributed by atoms with Gasteiger partial charge in [0.05, 0.1) is 5.69 Å². The van der Waals surface area contributed by atoms with Crippen LogP contribution in [0.2, 0.25) is 0 Å². The minimum Gasteiger partial charge on any atom is -0.336 e. The van der Waals surface area contributed by atoms with E-state index in [1.54, 1.807) is 12.1 Å². The van der Waals surface area contributed by atoms with E-state index in [0.29, 0.717) is 10.9 Å². The lowest BCUT2D eigenvalue weighted by molar-refractivity contribution is 0.0702. The number of nitrogens with zero attached hydrogens (tertiary/aromatic N) is 2. The first-order valence-electron chi connectivity index (χ1n) is 7.78. The van der Waals surface area contributed by atoms with Gasteiger partial charge in [0.25, 0.3) is 5.91 Å². The summed E-state index contributed by atoms with van der Waals surface area (Å²) in [6.45, 7) is 3.38. The smallest absolute Gasteiger partial charge is 0.265 e. The van der Waals surface area contributed by atoms with Crippen molar-refractivity contribution in [3.63, 3.8) is 0 Å². The Morgan fingerprint density at radius 3 is 2.83 bits per heavy atom. The number of hydrogen-bond donors (Lipinski definition) is 1. The van der Waals surface area contributed by atoms with E-state index in [9.17, 15) is 9.18 Å². The van der Waals surface area contributed by atoms with Gasteiger partial charge in [-0.3, -0.25) is 4.79 Å². The van der Waals surface area contributed by atoms with Crippen LogP contribution < -0.4 is 5.32 Å². The fourth-order valence-electron chi connectivity index (χ4n) is 2.85. The van der Waals surface area contributed by atoms with E-state index in [-0.39, 0.29) is 11.7 Å². The Hall–Kier alpha value is -1.79. The summed E-state index contributed by atoms with van der Waals surface area (Å²) in [7, 11) is 1.93. The van der Waals surface area contributed by atoms with E-state index >= 15 is 0 Å². The van der Waals surface area contributed by atoms with Gasteiger partial charge < -0.3 is 10.2 Å². The molecule has 4 nitrogen and oxygen atoms in total. The first kappa shape index (κ1) is 16.1. The summed E-state index contributed by atoms with van der Waals surface area (Å²) in [6.07, 6.45) is 2.11. The Labute approximate surface area is 139 Å². The second-order valence-electron chi connectivity index (χ2n) is 5.82. The summed E-state index contributed by atoms with van der Waals surface area (Å²) in [4.78, 5) is 19.9. The van der Waals surface area contributed by atoms with Gasteiger partial charge in [-0.05, 0) is 51.1 Å². The third kappa shape index (κ3) is 3.43. The summed E-state index contributed by atoms with van der Waals surface area (Å²) >= 11 is 1.38. The maximum Gasteiger partial charge on any atom is 0.265 e. The molecule has 1 fully saturated rings. The fraction of sp³-hybridized carbons (Fsp3) is 0.412. The van der Waals surface area contributed by atoms with Gasteiger partial charge in [0.1, 0.15) is 15.7 Å². The topological polar surface area (TPSA) is 45.2 Å². The van der Waals surface area contributed by atoms with Crippen molar-refractivity contribution in [1.29, 1.82) is 0 Å². The molecule has 0 bridgehead atoms. The van der Waals surface area contributed by atoms with Crippen LogP contribution in [0, 0.1) is 12.7 Å². The van der Waals surface area contributed by atoms with Crippen LogP contribution in [0.5, 0.6) is 0 Å². The highest BCUT2D eigenvalue weighted by atomic mass is 32.1. The molecule has 0 spiro atoms. The van der Waals surface area contributed by atoms with Gasteiger partial charge in [-0.25, -0.2) is 9.37 Å². The van der Waals surface area contributed by atoms with E-state index in [1.807, 2.05) is 18.9 Å². The third-order valence-electron chi connectivity index (χ3n) is 4.20. The van der Waals surface area contributed by atoms with Crippen molar-refractivity contribution in [2.24, 2.45) is 0 Å². The van der Waals surface area contributed by atoms with Crippen LogP contribution >= 0.6 is 11.3 Å². The lowest BCUT2D eigenvalue weighted by Crippen LogP contribution is -2.46. The predicted molar refractivity (Wildman–Crippen MR) is 90.2 cm³/mol. The standard InChI is InChI=1S/C17H20FN3OS/c1-11-15(17(22)21-9-3-4-14(10-21)19-2)23-16(20-11)12-5-7-13(18)8-6-12/h5-8,14,19H,3-4,9-10H2,1-2H3. The van der Waals surface area contributed by atoms with Crippen molar-refractivity contribution < 1.29 is 9.18 Å². The first-order valence-corrected chi connectivity index (χ1v) is 8.60. The summed E-state index contributed by atoms with van der Waals surface area (Å²) < 4.78 is 13.0. The second kappa shape index (κ2) is 6.76. The summed E-state index contributed by atoms with van der Waals surface area (Å²) in [5.74, 6) is -0.224. The van der Waals surface area contributed by atoms with Crippen molar-refractivity contribution >= 4 is 17.2 Å². The number of nitrogens with one attached hydrogen (secondary N) is 1. The molecule has 1 saturated heterocycles. The number of hydrogen-bond acceptors (Lipinski definition) is 4. The molecule has 2 aromatic rings. The van der Waals surface area contributed by atoms with Crippen molar-refractivity contribution in [1.82, 2.24) is 15.2 Å². The van der Waals surface area contributed by atoms with Crippen LogP contribution in [-0.4, -0.2) is 42.0 Å². The monoisotopic (exact) mass is 333 g/mol. The van der Waals surface area contributed by atoms with Crippen LogP contribution in [0.25, 0.3) is 10.6 Å². The average Bonchev–Trinajstić information content (AvgIpc) is 2.96. The molecule has 122 valence electrons. The van der Waals surface area contributed by atoms with Gasteiger partial charge >= 0.3 is 0 Å². The highest BCUT2D eigenvalue weighted by Gasteiger charge is 2.26. The molecule has 0 saturated carbocycles. The Balaban J connectivity index is 1.83.